The lowest BCUT2D eigenvalue weighted by atomic mass is 10.0. The van der Waals surface area contributed by atoms with Gasteiger partial charge in [-0.15, -0.1) is 0 Å². The minimum atomic E-state index is -0.420. The Morgan fingerprint density at radius 2 is 2.15 bits per heavy atom. The fraction of sp³-hybridized carbons (Fsp3) is 0.231. The van der Waals surface area contributed by atoms with E-state index in [9.17, 15) is 4.79 Å². The second-order valence-electron chi connectivity index (χ2n) is 4.67. The number of hydrogen-bond acceptors (Lipinski definition) is 2. The molecule has 2 heterocycles. The van der Waals surface area contributed by atoms with E-state index in [1.807, 2.05) is 6.07 Å². The van der Waals surface area contributed by atoms with Gasteiger partial charge in [0, 0.05) is 29.8 Å². The number of carbonyl (C=O) groups is 1. The second-order valence-corrected chi connectivity index (χ2v) is 5.48. The molecule has 0 atom stereocenters. The Hall–Kier alpha value is -1.72. The van der Waals surface area contributed by atoms with Crippen molar-refractivity contribution >= 4 is 29.2 Å². The first-order valence-electron chi connectivity index (χ1n) is 6.12. The highest BCUT2D eigenvalue weighted by molar-refractivity contribution is 6.42. The van der Waals surface area contributed by atoms with Crippen LogP contribution in [0.25, 0.3) is 11.3 Å². The summed E-state index contributed by atoms with van der Waals surface area (Å²) in [7, 11) is 0. The lowest BCUT2D eigenvalue weighted by Crippen LogP contribution is -2.39. The van der Waals surface area contributed by atoms with E-state index in [1.165, 1.54) is 0 Å². The first-order valence-corrected chi connectivity index (χ1v) is 6.88. The van der Waals surface area contributed by atoms with Crippen molar-refractivity contribution in [3.63, 3.8) is 0 Å². The van der Waals surface area contributed by atoms with Crippen molar-refractivity contribution in [3.05, 3.63) is 39.5 Å². The molecule has 3 rings (SSSR count). The molecule has 0 saturated carbocycles. The highest BCUT2D eigenvalue weighted by Crippen LogP contribution is 2.32. The minimum Gasteiger partial charge on any atom is -0.351 e. The van der Waals surface area contributed by atoms with Gasteiger partial charge in [0.25, 0.3) is 0 Å². The quantitative estimate of drug-likeness (QED) is 0.850. The second kappa shape index (κ2) is 5.00. The van der Waals surface area contributed by atoms with Crippen LogP contribution in [0.3, 0.4) is 0 Å². The van der Waals surface area contributed by atoms with Gasteiger partial charge in [-0.2, -0.15) is 5.10 Å². The Bertz CT molecular complexity index is 683. The Balaban J connectivity index is 2.02. The van der Waals surface area contributed by atoms with Gasteiger partial charge in [-0.3, -0.25) is 5.10 Å². The summed E-state index contributed by atoms with van der Waals surface area (Å²) in [6.07, 6.45) is 0.715. The molecule has 20 heavy (non-hydrogen) atoms. The average Bonchev–Trinajstić information content (AvgIpc) is 2.84. The molecule has 7 heteroatoms. The summed E-state index contributed by atoms with van der Waals surface area (Å²) in [6.45, 7) is 1.06. The van der Waals surface area contributed by atoms with Gasteiger partial charge in [0.15, 0.2) is 0 Å². The normalized spacial score (nSPS) is 14.2. The molecular formula is C13H12Cl2N4O. The zero-order valence-electron chi connectivity index (χ0n) is 10.5. The topological polar surface area (TPSA) is 75.0 Å². The molecule has 0 spiro atoms. The summed E-state index contributed by atoms with van der Waals surface area (Å²) in [6, 6.07) is 4.93. The summed E-state index contributed by atoms with van der Waals surface area (Å²) in [5.41, 5.74) is 9.00. The van der Waals surface area contributed by atoms with Crippen LogP contribution in [-0.2, 0) is 13.0 Å². The molecule has 0 fully saturated rings. The predicted molar refractivity (Wildman–Crippen MR) is 77.7 cm³/mol. The van der Waals surface area contributed by atoms with E-state index in [4.69, 9.17) is 28.9 Å². The average molecular weight is 311 g/mol. The van der Waals surface area contributed by atoms with Crippen molar-refractivity contribution in [2.24, 2.45) is 5.73 Å². The van der Waals surface area contributed by atoms with Crippen LogP contribution in [0.5, 0.6) is 0 Å². The van der Waals surface area contributed by atoms with Gasteiger partial charge >= 0.3 is 6.03 Å². The number of hydrogen-bond donors (Lipinski definition) is 2. The smallest absolute Gasteiger partial charge is 0.315 e. The van der Waals surface area contributed by atoms with E-state index in [1.54, 1.807) is 17.0 Å². The summed E-state index contributed by atoms with van der Waals surface area (Å²) in [4.78, 5) is 12.9. The van der Waals surface area contributed by atoms with Crippen molar-refractivity contribution in [2.45, 2.75) is 13.0 Å². The van der Waals surface area contributed by atoms with Crippen molar-refractivity contribution < 1.29 is 4.79 Å². The van der Waals surface area contributed by atoms with Crippen LogP contribution in [0.4, 0.5) is 4.79 Å². The first kappa shape index (κ1) is 13.3. The number of nitrogens with one attached hydrogen (secondary N) is 1. The predicted octanol–water partition coefficient (Wildman–Crippen LogP) is 2.82. The third kappa shape index (κ3) is 2.23. The van der Waals surface area contributed by atoms with Crippen LogP contribution in [0.1, 0.15) is 11.3 Å². The van der Waals surface area contributed by atoms with Gasteiger partial charge < -0.3 is 10.6 Å². The Morgan fingerprint density at radius 1 is 1.35 bits per heavy atom. The van der Waals surface area contributed by atoms with Crippen molar-refractivity contribution in [3.8, 4) is 11.3 Å². The van der Waals surface area contributed by atoms with Crippen LogP contribution in [0, 0.1) is 0 Å². The molecule has 3 N–H and O–H groups in total. The van der Waals surface area contributed by atoms with Crippen LogP contribution in [-0.4, -0.2) is 27.7 Å². The monoisotopic (exact) mass is 310 g/mol. The number of primary amides is 1. The van der Waals surface area contributed by atoms with E-state index in [-0.39, 0.29) is 0 Å². The molecule has 0 bridgehead atoms. The zero-order chi connectivity index (χ0) is 14.3. The summed E-state index contributed by atoms with van der Waals surface area (Å²) in [5.74, 6) is 0. The first-order chi connectivity index (χ1) is 9.56. The molecule has 0 radical (unpaired) electrons. The van der Waals surface area contributed by atoms with Crippen LogP contribution < -0.4 is 5.73 Å². The zero-order valence-corrected chi connectivity index (χ0v) is 12.0. The highest BCUT2D eigenvalue weighted by atomic mass is 35.5. The Morgan fingerprint density at radius 3 is 2.85 bits per heavy atom. The van der Waals surface area contributed by atoms with Crippen LogP contribution >= 0.6 is 23.2 Å². The summed E-state index contributed by atoms with van der Waals surface area (Å²) in [5, 5.41) is 8.31. The fourth-order valence-electron chi connectivity index (χ4n) is 2.37. The van der Waals surface area contributed by atoms with E-state index in [2.05, 4.69) is 10.2 Å². The molecular weight excluding hydrogens is 299 g/mol. The molecule has 1 aliphatic heterocycles. The maximum absolute atomic E-state index is 11.3. The molecule has 0 saturated heterocycles. The largest absolute Gasteiger partial charge is 0.351 e. The molecule has 1 aliphatic rings. The van der Waals surface area contributed by atoms with Crippen molar-refractivity contribution in [2.75, 3.05) is 6.54 Å². The van der Waals surface area contributed by atoms with Crippen molar-refractivity contribution in [1.29, 1.82) is 0 Å². The third-order valence-corrected chi connectivity index (χ3v) is 4.18. The van der Waals surface area contributed by atoms with Gasteiger partial charge in [0.1, 0.15) is 0 Å². The lowest BCUT2D eigenvalue weighted by Gasteiger charge is -2.25. The number of aromatic amines is 1. The number of nitrogens with two attached hydrogens (primary N) is 1. The van der Waals surface area contributed by atoms with Gasteiger partial charge in [-0.05, 0) is 12.1 Å². The minimum absolute atomic E-state index is 0.420. The van der Waals surface area contributed by atoms with Gasteiger partial charge in [0.05, 0.1) is 22.3 Å². The number of fused-ring (bicyclic) bond motifs is 1. The van der Waals surface area contributed by atoms with Gasteiger partial charge in [0.2, 0.25) is 0 Å². The molecule has 2 aromatic rings. The van der Waals surface area contributed by atoms with E-state index >= 15 is 0 Å². The number of aromatic nitrogens is 2. The number of urea groups is 1. The molecule has 1 aromatic carbocycles. The summed E-state index contributed by atoms with van der Waals surface area (Å²) >= 11 is 12.0. The van der Waals surface area contributed by atoms with E-state index < -0.39 is 6.03 Å². The maximum atomic E-state index is 11.3. The highest BCUT2D eigenvalue weighted by Gasteiger charge is 2.24. The van der Waals surface area contributed by atoms with E-state index in [0.29, 0.717) is 29.6 Å². The van der Waals surface area contributed by atoms with Gasteiger partial charge in [-0.1, -0.05) is 29.3 Å². The van der Waals surface area contributed by atoms with Crippen LogP contribution in [0.15, 0.2) is 18.2 Å². The SMILES string of the molecule is NC(=O)N1CCc2[nH]nc(-c3ccc(Cl)c(Cl)c3)c2C1. The summed E-state index contributed by atoms with van der Waals surface area (Å²) < 4.78 is 0. The Kier molecular flexibility index (Phi) is 3.31. The van der Waals surface area contributed by atoms with E-state index in [0.717, 1.165) is 22.5 Å². The van der Waals surface area contributed by atoms with Gasteiger partial charge in [-0.25, -0.2) is 4.79 Å². The molecule has 0 unspecified atom stereocenters. The number of nitrogens with zero attached hydrogens (tertiary/aromatic N) is 2. The fourth-order valence-corrected chi connectivity index (χ4v) is 2.66. The molecule has 104 valence electrons. The third-order valence-electron chi connectivity index (χ3n) is 3.44. The molecule has 0 aliphatic carbocycles. The number of carbonyl (C=O) groups excluding carboxylic acids is 1. The maximum Gasteiger partial charge on any atom is 0.315 e. The molecule has 1 aromatic heterocycles. The number of halogens is 2. The standard InChI is InChI=1S/C13H12Cl2N4O/c14-9-2-1-7(5-10(9)15)12-8-6-19(13(16)20)4-3-11(8)17-18-12/h1-2,5H,3-4,6H2,(H2,16,20)(H,17,18). The Labute approximate surface area is 125 Å². The molecule has 5 nitrogen and oxygen atoms in total. The number of H-pyrrole nitrogens is 1. The number of rotatable bonds is 1. The van der Waals surface area contributed by atoms with Crippen molar-refractivity contribution in [1.82, 2.24) is 15.1 Å². The molecule has 2 amide bonds. The lowest BCUT2D eigenvalue weighted by molar-refractivity contribution is 0.202. The van der Waals surface area contributed by atoms with Crippen LogP contribution in [0.2, 0.25) is 10.0 Å². The number of benzene rings is 1. The number of amides is 2.